The molecule has 0 aliphatic heterocycles. The lowest BCUT2D eigenvalue weighted by Crippen LogP contribution is -1.99. The maximum Gasteiger partial charge on any atom is 0.335 e. The van der Waals surface area contributed by atoms with Gasteiger partial charge in [0.2, 0.25) is 0 Å². The van der Waals surface area contributed by atoms with Crippen LogP contribution in [0.15, 0.2) is 60.7 Å². The van der Waals surface area contributed by atoms with Crippen molar-refractivity contribution >= 4 is 23.3 Å². The van der Waals surface area contributed by atoms with Gasteiger partial charge in [-0.1, -0.05) is 0 Å². The van der Waals surface area contributed by atoms with Crippen LogP contribution < -0.4 is 20.9 Å². The van der Waals surface area contributed by atoms with E-state index in [0.29, 0.717) is 11.5 Å². The van der Waals surface area contributed by atoms with Crippen LogP contribution in [-0.2, 0) is 0 Å². The molecule has 0 aliphatic carbocycles. The van der Waals surface area contributed by atoms with Crippen molar-refractivity contribution in [2.75, 3.05) is 11.5 Å². The number of ether oxygens (including phenoxy) is 2. The molecule has 0 bridgehead atoms. The van der Waals surface area contributed by atoms with Crippen LogP contribution in [0.1, 0.15) is 20.7 Å². The number of nitrogen functional groups attached to an aromatic ring is 2. The molecular formula is C20H16N2O6. The average Bonchev–Trinajstić information content (AvgIpc) is 2.62. The summed E-state index contributed by atoms with van der Waals surface area (Å²) in [6, 6.07) is 14.9. The topological polar surface area (TPSA) is 145 Å². The van der Waals surface area contributed by atoms with E-state index in [9.17, 15) is 9.59 Å². The van der Waals surface area contributed by atoms with Gasteiger partial charge in [-0.05, 0) is 48.5 Å². The van der Waals surface area contributed by atoms with E-state index < -0.39 is 11.9 Å². The van der Waals surface area contributed by atoms with E-state index in [1.807, 2.05) is 0 Å². The first-order valence-electron chi connectivity index (χ1n) is 8.03. The van der Waals surface area contributed by atoms with Gasteiger partial charge in [0.25, 0.3) is 0 Å². The fraction of sp³-hybridized carbons (Fsp3) is 0. The van der Waals surface area contributed by atoms with Crippen LogP contribution in [0, 0.1) is 0 Å². The molecule has 0 saturated carbocycles. The first-order valence-corrected chi connectivity index (χ1v) is 8.03. The van der Waals surface area contributed by atoms with Crippen LogP contribution in [-0.4, -0.2) is 22.2 Å². The smallest absolute Gasteiger partial charge is 0.335 e. The number of carboxylic acids is 2. The fourth-order valence-electron chi connectivity index (χ4n) is 2.46. The normalized spacial score (nSPS) is 10.3. The van der Waals surface area contributed by atoms with Gasteiger partial charge in [-0.2, -0.15) is 0 Å². The van der Waals surface area contributed by atoms with Crippen LogP contribution in [0.3, 0.4) is 0 Å². The number of hydrogen-bond acceptors (Lipinski definition) is 6. The van der Waals surface area contributed by atoms with Gasteiger partial charge in [-0.3, -0.25) is 0 Å². The highest BCUT2D eigenvalue weighted by Crippen LogP contribution is 2.29. The predicted molar refractivity (Wildman–Crippen MR) is 102 cm³/mol. The van der Waals surface area contributed by atoms with Crippen molar-refractivity contribution in [1.82, 2.24) is 0 Å². The van der Waals surface area contributed by atoms with Crippen LogP contribution in [0.2, 0.25) is 0 Å². The number of rotatable bonds is 6. The SMILES string of the molecule is Nc1cc(Oc2ccc(Oc3cc(N)cc(C(=O)O)c3)cc2)cc(C(=O)O)c1. The Kier molecular flexibility index (Phi) is 5.03. The number of aromatic carboxylic acids is 2. The van der Waals surface area contributed by atoms with E-state index in [-0.39, 0.29) is 34.0 Å². The third-order valence-corrected chi connectivity index (χ3v) is 3.65. The Labute approximate surface area is 159 Å². The summed E-state index contributed by atoms with van der Waals surface area (Å²) < 4.78 is 11.3. The summed E-state index contributed by atoms with van der Waals surface area (Å²) in [6.45, 7) is 0. The van der Waals surface area contributed by atoms with Gasteiger partial charge >= 0.3 is 11.9 Å². The van der Waals surface area contributed by atoms with Crippen molar-refractivity contribution < 1.29 is 29.3 Å². The molecule has 0 unspecified atom stereocenters. The number of carboxylic acid groups (broad SMARTS) is 2. The van der Waals surface area contributed by atoms with Gasteiger partial charge < -0.3 is 31.2 Å². The molecule has 28 heavy (non-hydrogen) atoms. The average molecular weight is 380 g/mol. The van der Waals surface area contributed by atoms with Crippen molar-refractivity contribution in [2.24, 2.45) is 0 Å². The molecule has 8 nitrogen and oxygen atoms in total. The highest BCUT2D eigenvalue weighted by molar-refractivity contribution is 5.90. The highest BCUT2D eigenvalue weighted by atomic mass is 16.5. The second-order valence-corrected chi connectivity index (χ2v) is 5.87. The summed E-state index contributed by atoms with van der Waals surface area (Å²) in [6.07, 6.45) is 0. The highest BCUT2D eigenvalue weighted by Gasteiger charge is 2.09. The number of hydrogen-bond donors (Lipinski definition) is 4. The van der Waals surface area contributed by atoms with Crippen molar-refractivity contribution in [3.63, 3.8) is 0 Å². The van der Waals surface area contributed by atoms with Gasteiger partial charge in [0, 0.05) is 23.5 Å². The monoisotopic (exact) mass is 380 g/mol. The van der Waals surface area contributed by atoms with Crippen molar-refractivity contribution in [3.8, 4) is 23.0 Å². The molecule has 0 aromatic heterocycles. The second kappa shape index (κ2) is 7.58. The van der Waals surface area contributed by atoms with Crippen LogP contribution in [0.25, 0.3) is 0 Å². The number of carbonyl (C=O) groups is 2. The van der Waals surface area contributed by atoms with Crippen molar-refractivity contribution in [3.05, 3.63) is 71.8 Å². The molecule has 6 N–H and O–H groups in total. The van der Waals surface area contributed by atoms with Crippen molar-refractivity contribution in [1.29, 1.82) is 0 Å². The van der Waals surface area contributed by atoms with Crippen LogP contribution in [0.5, 0.6) is 23.0 Å². The lowest BCUT2D eigenvalue weighted by Gasteiger charge is -2.10. The first-order chi connectivity index (χ1) is 13.3. The van der Waals surface area contributed by atoms with E-state index in [4.69, 9.17) is 31.2 Å². The largest absolute Gasteiger partial charge is 0.478 e. The lowest BCUT2D eigenvalue weighted by atomic mass is 10.2. The van der Waals surface area contributed by atoms with E-state index >= 15 is 0 Å². The van der Waals surface area contributed by atoms with Gasteiger partial charge in [-0.15, -0.1) is 0 Å². The van der Waals surface area contributed by atoms with E-state index in [2.05, 4.69) is 0 Å². The third-order valence-electron chi connectivity index (χ3n) is 3.65. The molecule has 0 atom stereocenters. The van der Waals surface area contributed by atoms with Gasteiger partial charge in [0.1, 0.15) is 23.0 Å². The maximum absolute atomic E-state index is 11.1. The minimum Gasteiger partial charge on any atom is -0.478 e. The molecule has 0 amide bonds. The summed E-state index contributed by atoms with van der Waals surface area (Å²) in [5.41, 5.74) is 12.0. The van der Waals surface area contributed by atoms with E-state index in [1.165, 1.54) is 36.4 Å². The fourth-order valence-corrected chi connectivity index (χ4v) is 2.46. The van der Waals surface area contributed by atoms with Crippen LogP contribution >= 0.6 is 0 Å². The van der Waals surface area contributed by atoms with Gasteiger partial charge in [0.05, 0.1) is 11.1 Å². The van der Waals surface area contributed by atoms with Crippen LogP contribution in [0.4, 0.5) is 11.4 Å². The molecule has 0 heterocycles. The summed E-state index contributed by atoms with van der Waals surface area (Å²) >= 11 is 0. The Morgan fingerprint density at radius 1 is 0.607 bits per heavy atom. The summed E-state index contributed by atoms with van der Waals surface area (Å²) in [7, 11) is 0. The van der Waals surface area contributed by atoms with Crippen molar-refractivity contribution in [2.45, 2.75) is 0 Å². The second-order valence-electron chi connectivity index (χ2n) is 5.87. The molecule has 3 aromatic rings. The Hall–Kier alpha value is -4.20. The number of nitrogens with two attached hydrogens (primary N) is 2. The Morgan fingerprint density at radius 2 is 0.964 bits per heavy atom. The van der Waals surface area contributed by atoms with Gasteiger partial charge in [0.15, 0.2) is 0 Å². The minimum atomic E-state index is -1.11. The summed E-state index contributed by atoms with van der Waals surface area (Å²) in [5.74, 6) is -0.769. The third kappa shape index (κ3) is 4.50. The molecule has 0 saturated heterocycles. The van der Waals surface area contributed by atoms with Gasteiger partial charge in [-0.25, -0.2) is 9.59 Å². The maximum atomic E-state index is 11.1. The van der Waals surface area contributed by atoms with E-state index in [1.54, 1.807) is 24.3 Å². The zero-order valence-corrected chi connectivity index (χ0v) is 14.5. The molecule has 0 fully saturated rings. The molecule has 3 aromatic carbocycles. The standard InChI is InChI=1S/C20H16N2O6/c21-13-5-11(19(23)24)7-17(9-13)27-15-1-2-16(4-3-15)28-18-8-12(20(25)26)6-14(22)10-18/h1-10H,21-22H2,(H,23,24)(H,25,26). The number of benzene rings is 3. The number of anilines is 2. The zero-order valence-electron chi connectivity index (χ0n) is 14.5. The molecule has 142 valence electrons. The summed E-state index contributed by atoms with van der Waals surface area (Å²) in [5, 5.41) is 18.2. The van der Waals surface area contributed by atoms with E-state index in [0.717, 1.165) is 0 Å². The summed E-state index contributed by atoms with van der Waals surface area (Å²) in [4.78, 5) is 22.2. The molecule has 3 rings (SSSR count). The first kappa shape index (κ1) is 18.6. The Bertz CT molecular complexity index is 963. The zero-order chi connectivity index (χ0) is 20.3. The molecule has 0 aliphatic rings. The molecule has 0 spiro atoms. The Balaban J connectivity index is 1.76. The molecule has 8 heteroatoms. The molecular weight excluding hydrogens is 364 g/mol. The Morgan fingerprint density at radius 3 is 1.29 bits per heavy atom. The molecule has 0 radical (unpaired) electrons. The predicted octanol–water partition coefficient (Wildman–Crippen LogP) is 3.83. The lowest BCUT2D eigenvalue weighted by molar-refractivity contribution is 0.0686. The quantitative estimate of drug-likeness (QED) is 0.472. The minimum absolute atomic E-state index is 0.0193.